The van der Waals surface area contributed by atoms with Crippen molar-refractivity contribution in [3.8, 4) is 28.4 Å². The number of carboxylic acids is 1. The number of hydrogen-bond acceptors (Lipinski definition) is 9. The number of carbonyl (C=O) groups is 4. The number of benzene rings is 2. The topological polar surface area (TPSA) is 132 Å². The number of nitrogens with zero attached hydrogens (tertiary/aromatic N) is 2. The van der Waals surface area contributed by atoms with Crippen molar-refractivity contribution < 1.29 is 56.4 Å². The Morgan fingerprint density at radius 2 is 1.72 bits per heavy atom. The molecule has 2 aromatic rings. The van der Waals surface area contributed by atoms with Crippen molar-refractivity contribution in [3.63, 3.8) is 0 Å². The maximum absolute atomic E-state index is 13.4. The molecule has 3 fully saturated rings. The van der Waals surface area contributed by atoms with E-state index in [4.69, 9.17) is 28.8 Å². The zero-order chi connectivity index (χ0) is 31.3. The first-order valence-corrected chi connectivity index (χ1v) is 13.4. The molecule has 14 heteroatoms. The highest BCUT2D eigenvalue weighted by atomic mass is 19.4. The molecule has 3 unspecified atom stereocenters. The minimum Gasteiger partial charge on any atom is -0.496 e. The monoisotopic (exact) mass is 606 g/mol. The molecular weight excluding hydrogens is 577 g/mol. The highest BCUT2D eigenvalue weighted by molar-refractivity contribution is 6.09. The molecule has 0 aromatic heterocycles. The Labute approximate surface area is 244 Å². The van der Waals surface area contributed by atoms with Gasteiger partial charge in [-0.15, -0.1) is 0 Å². The van der Waals surface area contributed by atoms with Gasteiger partial charge in [-0.05, 0) is 55.1 Å². The molecule has 43 heavy (non-hydrogen) atoms. The molecule has 4 aliphatic heterocycles. The molecule has 11 nitrogen and oxygen atoms in total. The van der Waals surface area contributed by atoms with Gasteiger partial charge in [-0.1, -0.05) is 18.2 Å². The fraction of sp³-hybridized carbons (Fsp3) is 0.448. The average molecular weight is 607 g/mol. The van der Waals surface area contributed by atoms with Gasteiger partial charge in [-0.2, -0.15) is 13.2 Å². The van der Waals surface area contributed by atoms with Crippen molar-refractivity contribution in [1.82, 2.24) is 9.80 Å². The number of carbonyl (C=O) groups excluding carboxylic acids is 3. The number of carboxylic acid groups (broad SMARTS) is 1. The highest BCUT2D eigenvalue weighted by Crippen LogP contribution is 2.58. The number of hydrogen-bond donors (Lipinski definition) is 1. The second kappa shape index (κ2) is 11.1. The number of imide groups is 1. The first-order chi connectivity index (χ1) is 20.4. The third-order valence-electron chi connectivity index (χ3n) is 8.51. The van der Waals surface area contributed by atoms with Crippen LogP contribution in [0, 0.1) is 11.8 Å². The van der Waals surface area contributed by atoms with Crippen LogP contribution in [-0.2, 0) is 23.9 Å². The van der Waals surface area contributed by atoms with Gasteiger partial charge in [-0.25, -0.2) is 4.79 Å². The minimum atomic E-state index is -5.08. The summed E-state index contributed by atoms with van der Waals surface area (Å²) in [4.78, 5) is 52.2. The van der Waals surface area contributed by atoms with E-state index in [2.05, 4.69) is 4.90 Å². The number of likely N-dealkylation sites (tertiary alicyclic amines) is 1. The molecule has 2 amide bonds. The van der Waals surface area contributed by atoms with Gasteiger partial charge < -0.3 is 24.1 Å². The quantitative estimate of drug-likeness (QED) is 0.408. The molecule has 0 radical (unpaired) electrons. The number of esters is 1. The van der Waals surface area contributed by atoms with Gasteiger partial charge in [0.15, 0.2) is 11.5 Å². The predicted octanol–water partition coefficient (Wildman–Crippen LogP) is 3.41. The summed E-state index contributed by atoms with van der Waals surface area (Å²) in [5, 5.41) is 7.12. The number of halogens is 3. The van der Waals surface area contributed by atoms with E-state index in [9.17, 15) is 27.6 Å². The molecule has 2 aromatic carbocycles. The Hall–Kier alpha value is -4.33. The van der Waals surface area contributed by atoms with E-state index in [-0.39, 0.29) is 18.6 Å². The zero-order valence-electron chi connectivity index (χ0n) is 23.5. The summed E-state index contributed by atoms with van der Waals surface area (Å²) in [7, 11) is 4.45. The van der Waals surface area contributed by atoms with Crippen LogP contribution >= 0.6 is 0 Å². The lowest BCUT2D eigenvalue weighted by Gasteiger charge is -2.44. The molecule has 4 heterocycles. The van der Waals surface area contributed by atoms with Gasteiger partial charge in [0.05, 0.1) is 26.1 Å². The van der Waals surface area contributed by atoms with Crippen LogP contribution in [0.25, 0.3) is 11.1 Å². The van der Waals surface area contributed by atoms with Crippen LogP contribution in [0.15, 0.2) is 36.4 Å². The van der Waals surface area contributed by atoms with Crippen LogP contribution < -0.4 is 14.2 Å². The number of alkyl halides is 3. The number of methoxy groups -OCH3 is 2. The maximum Gasteiger partial charge on any atom is 0.490 e. The van der Waals surface area contributed by atoms with Gasteiger partial charge in [-0.3, -0.25) is 24.2 Å². The molecule has 3 saturated heterocycles. The Balaban J connectivity index is 0.000000472. The smallest absolute Gasteiger partial charge is 0.490 e. The summed E-state index contributed by atoms with van der Waals surface area (Å²) >= 11 is 0. The molecular formula is C29H29F3N2O9. The SMILES string of the molecule is COC(=O)[C@@]12CCCCN1C(c1ccc(-c3ccc4c(c3)OCO4)c(OC)c1)C1C(=O)N(C)C(=O)C12.O=C(O)C(F)(F)F. The lowest BCUT2D eigenvalue weighted by Crippen LogP contribution is -2.59. The third kappa shape index (κ3) is 4.82. The van der Waals surface area contributed by atoms with Crippen molar-refractivity contribution in [1.29, 1.82) is 0 Å². The predicted molar refractivity (Wildman–Crippen MR) is 141 cm³/mol. The molecule has 0 spiro atoms. The summed E-state index contributed by atoms with van der Waals surface area (Å²) in [6, 6.07) is 11.1. The number of rotatable bonds is 4. The molecule has 4 atom stereocenters. The summed E-state index contributed by atoms with van der Waals surface area (Å²) in [6.45, 7) is 0.793. The highest BCUT2D eigenvalue weighted by Gasteiger charge is 2.72. The number of piperidine rings is 1. The molecule has 6 rings (SSSR count). The fourth-order valence-corrected chi connectivity index (χ4v) is 6.70. The lowest BCUT2D eigenvalue weighted by molar-refractivity contribution is -0.192. The van der Waals surface area contributed by atoms with Crippen LogP contribution in [0.5, 0.6) is 17.2 Å². The van der Waals surface area contributed by atoms with E-state index in [1.807, 2.05) is 36.4 Å². The van der Waals surface area contributed by atoms with Crippen molar-refractivity contribution in [2.45, 2.75) is 37.0 Å². The van der Waals surface area contributed by atoms with Gasteiger partial charge in [0, 0.05) is 18.7 Å². The van der Waals surface area contributed by atoms with E-state index in [1.54, 1.807) is 7.11 Å². The van der Waals surface area contributed by atoms with Crippen molar-refractivity contribution in [2.24, 2.45) is 11.8 Å². The molecule has 0 saturated carbocycles. The number of amides is 2. The average Bonchev–Trinajstić information content (AvgIpc) is 3.65. The summed E-state index contributed by atoms with van der Waals surface area (Å²) in [5.74, 6) is -3.21. The van der Waals surface area contributed by atoms with Crippen LogP contribution in [0.4, 0.5) is 13.2 Å². The lowest BCUT2D eigenvalue weighted by atomic mass is 9.75. The number of ether oxygens (including phenoxy) is 4. The zero-order valence-corrected chi connectivity index (χ0v) is 23.5. The Kier molecular flexibility index (Phi) is 7.75. The summed E-state index contributed by atoms with van der Waals surface area (Å²) < 4.78 is 53.7. The molecule has 4 aliphatic rings. The van der Waals surface area contributed by atoms with Crippen molar-refractivity contribution in [2.75, 3.05) is 34.6 Å². The Morgan fingerprint density at radius 3 is 2.37 bits per heavy atom. The van der Waals surface area contributed by atoms with Crippen LogP contribution in [0.2, 0.25) is 0 Å². The molecule has 0 bridgehead atoms. The van der Waals surface area contributed by atoms with E-state index in [0.717, 1.165) is 29.5 Å². The van der Waals surface area contributed by atoms with Crippen molar-refractivity contribution >= 4 is 23.8 Å². The largest absolute Gasteiger partial charge is 0.496 e. The van der Waals surface area contributed by atoms with Gasteiger partial charge in [0.1, 0.15) is 11.3 Å². The fourth-order valence-electron chi connectivity index (χ4n) is 6.70. The molecule has 0 aliphatic carbocycles. The maximum atomic E-state index is 13.4. The first kappa shape index (κ1) is 30.1. The second-order valence-electron chi connectivity index (χ2n) is 10.6. The van der Waals surface area contributed by atoms with E-state index >= 15 is 0 Å². The number of aliphatic carboxylic acids is 1. The standard InChI is InChI=1S/C27H28N2O7.C2HF3O2/c1-28-24(30)21-22(25(28)31)27(26(32)34-3)10-4-5-11-29(27)23(21)16-6-8-17(19(13-16)33-2)15-7-9-18-20(12-15)36-14-35-18;3-2(4,5)1(6)7/h6-9,12-13,21-23H,4-5,10-11,14H2,1-3H3;(H,6,7)/t21?,22?,23?,27-;/m0./s1. The van der Waals surface area contributed by atoms with Crippen LogP contribution in [-0.4, -0.2) is 85.0 Å². The van der Waals surface area contributed by atoms with E-state index < -0.39 is 41.5 Å². The van der Waals surface area contributed by atoms with Gasteiger partial charge in [0.25, 0.3) is 0 Å². The molecule has 1 N–H and O–H groups in total. The normalized spacial score (nSPS) is 25.9. The Bertz CT molecular complexity index is 1480. The van der Waals surface area contributed by atoms with E-state index in [0.29, 0.717) is 30.2 Å². The van der Waals surface area contributed by atoms with Gasteiger partial charge in [0.2, 0.25) is 18.6 Å². The summed E-state index contributed by atoms with van der Waals surface area (Å²) in [5.41, 5.74) is 1.44. The minimum absolute atomic E-state index is 0.193. The Morgan fingerprint density at radius 1 is 1.02 bits per heavy atom. The van der Waals surface area contributed by atoms with Crippen molar-refractivity contribution in [3.05, 3.63) is 42.0 Å². The molecule has 230 valence electrons. The first-order valence-electron chi connectivity index (χ1n) is 13.4. The number of fused-ring (bicyclic) bond motifs is 4. The van der Waals surface area contributed by atoms with Crippen LogP contribution in [0.3, 0.4) is 0 Å². The van der Waals surface area contributed by atoms with E-state index in [1.165, 1.54) is 19.1 Å². The van der Waals surface area contributed by atoms with Crippen LogP contribution in [0.1, 0.15) is 30.9 Å². The summed E-state index contributed by atoms with van der Waals surface area (Å²) in [6.07, 6.45) is -2.94. The second-order valence-corrected chi connectivity index (χ2v) is 10.6. The third-order valence-corrected chi connectivity index (χ3v) is 8.51. The van der Waals surface area contributed by atoms with Gasteiger partial charge >= 0.3 is 18.1 Å².